The maximum atomic E-state index is 12.8. The lowest BCUT2D eigenvalue weighted by Gasteiger charge is -2.42. The van der Waals surface area contributed by atoms with E-state index in [1.807, 2.05) is 30.3 Å². The number of piperazine rings is 1. The number of hydrogen-bond acceptors (Lipinski definition) is 4. The molecular weight excluding hydrogens is 372 g/mol. The second-order valence-electron chi connectivity index (χ2n) is 7.88. The summed E-state index contributed by atoms with van der Waals surface area (Å²) in [4.78, 5) is 44.1. The van der Waals surface area contributed by atoms with Gasteiger partial charge in [0.05, 0.1) is 12.1 Å². The zero-order chi connectivity index (χ0) is 20.4. The van der Waals surface area contributed by atoms with Crippen molar-refractivity contribution < 1.29 is 19.1 Å². The Balaban J connectivity index is 1.33. The molecule has 154 valence electrons. The van der Waals surface area contributed by atoms with Crippen molar-refractivity contribution >= 4 is 28.6 Å². The molecule has 2 aromatic rings. The van der Waals surface area contributed by atoms with Crippen LogP contribution in [0.2, 0.25) is 0 Å². The second-order valence-corrected chi connectivity index (χ2v) is 7.88. The summed E-state index contributed by atoms with van der Waals surface area (Å²) in [6.45, 7) is 1.90. The number of hydrogen-bond donors (Lipinski definition) is 2. The zero-order valence-corrected chi connectivity index (χ0v) is 16.6. The minimum Gasteiger partial charge on any atom is -0.382 e. The predicted octanol–water partition coefficient (Wildman–Crippen LogP) is 1.14. The zero-order valence-electron chi connectivity index (χ0n) is 16.6. The number of fused-ring (bicyclic) bond motifs is 1. The van der Waals surface area contributed by atoms with Crippen LogP contribution in [-0.4, -0.2) is 77.9 Å². The summed E-state index contributed by atoms with van der Waals surface area (Å²) in [5.74, 6) is -1.21. The topological polar surface area (TPSA) is 94.7 Å². The minimum atomic E-state index is -0.586. The molecule has 1 aromatic heterocycles. The third kappa shape index (κ3) is 3.85. The Bertz CT molecular complexity index is 893. The standard InChI is InChI=1S/C21H26N4O4/c1-29-14-21(7-4-8-21)23-18(26)20(28)25-11-9-24(10-12-25)19(27)17-13-15-5-2-3-6-16(15)22-17/h2-3,5-6,13,22H,4,7-12,14H2,1H3,(H,23,26). The van der Waals surface area contributed by atoms with Gasteiger partial charge in [-0.05, 0) is 31.4 Å². The van der Waals surface area contributed by atoms with Crippen LogP contribution < -0.4 is 5.32 Å². The van der Waals surface area contributed by atoms with Crippen LogP contribution in [0.25, 0.3) is 10.9 Å². The van der Waals surface area contributed by atoms with E-state index in [9.17, 15) is 14.4 Å². The first-order valence-electron chi connectivity index (χ1n) is 9.99. The van der Waals surface area contributed by atoms with Gasteiger partial charge >= 0.3 is 11.8 Å². The third-order valence-corrected chi connectivity index (χ3v) is 5.92. The van der Waals surface area contributed by atoms with Crippen molar-refractivity contribution in [1.82, 2.24) is 20.1 Å². The van der Waals surface area contributed by atoms with E-state index in [2.05, 4.69) is 10.3 Å². The number of para-hydroxylation sites is 1. The first-order valence-corrected chi connectivity index (χ1v) is 9.99. The summed E-state index contributed by atoms with van der Waals surface area (Å²) < 4.78 is 5.19. The molecule has 0 spiro atoms. The molecule has 1 aliphatic carbocycles. The van der Waals surface area contributed by atoms with Crippen molar-refractivity contribution in [3.05, 3.63) is 36.0 Å². The molecule has 2 aliphatic rings. The van der Waals surface area contributed by atoms with Crippen LogP contribution in [-0.2, 0) is 14.3 Å². The second kappa shape index (κ2) is 7.87. The van der Waals surface area contributed by atoms with Crippen molar-refractivity contribution in [2.24, 2.45) is 0 Å². The van der Waals surface area contributed by atoms with Gasteiger partial charge in [0, 0.05) is 44.2 Å². The van der Waals surface area contributed by atoms with Crippen LogP contribution in [0.1, 0.15) is 29.8 Å². The molecule has 1 aliphatic heterocycles. The van der Waals surface area contributed by atoms with Gasteiger partial charge < -0.3 is 24.8 Å². The van der Waals surface area contributed by atoms with Crippen molar-refractivity contribution in [3.8, 4) is 0 Å². The van der Waals surface area contributed by atoms with E-state index in [-0.39, 0.29) is 5.91 Å². The Hall–Kier alpha value is -2.87. The summed E-state index contributed by atoms with van der Waals surface area (Å²) >= 11 is 0. The molecule has 2 N–H and O–H groups in total. The monoisotopic (exact) mass is 398 g/mol. The number of carbonyl (C=O) groups is 3. The summed E-state index contributed by atoms with van der Waals surface area (Å²) in [5.41, 5.74) is 1.05. The van der Waals surface area contributed by atoms with E-state index in [0.29, 0.717) is 38.5 Å². The highest BCUT2D eigenvalue weighted by Gasteiger charge is 2.40. The molecule has 2 heterocycles. The van der Waals surface area contributed by atoms with Gasteiger partial charge in [-0.3, -0.25) is 14.4 Å². The molecule has 8 nitrogen and oxygen atoms in total. The summed E-state index contributed by atoms with van der Waals surface area (Å²) in [7, 11) is 1.59. The molecule has 4 rings (SSSR count). The van der Waals surface area contributed by atoms with Gasteiger partial charge in [0.2, 0.25) is 0 Å². The quantitative estimate of drug-likeness (QED) is 0.755. The van der Waals surface area contributed by atoms with Crippen molar-refractivity contribution in [3.63, 3.8) is 0 Å². The molecule has 29 heavy (non-hydrogen) atoms. The van der Waals surface area contributed by atoms with E-state index >= 15 is 0 Å². The molecular formula is C21H26N4O4. The number of methoxy groups -OCH3 is 1. The van der Waals surface area contributed by atoms with Crippen LogP contribution in [0.3, 0.4) is 0 Å². The van der Waals surface area contributed by atoms with E-state index in [0.717, 1.165) is 30.2 Å². The highest BCUT2D eigenvalue weighted by Crippen LogP contribution is 2.32. The maximum Gasteiger partial charge on any atom is 0.312 e. The van der Waals surface area contributed by atoms with Crippen LogP contribution >= 0.6 is 0 Å². The van der Waals surface area contributed by atoms with Crippen molar-refractivity contribution in [2.45, 2.75) is 24.8 Å². The van der Waals surface area contributed by atoms with Crippen LogP contribution in [0.5, 0.6) is 0 Å². The van der Waals surface area contributed by atoms with Crippen LogP contribution in [0.4, 0.5) is 0 Å². The molecule has 2 fully saturated rings. The van der Waals surface area contributed by atoms with Crippen molar-refractivity contribution in [1.29, 1.82) is 0 Å². The highest BCUT2D eigenvalue weighted by atomic mass is 16.5. The van der Waals surface area contributed by atoms with Gasteiger partial charge in [-0.25, -0.2) is 0 Å². The molecule has 0 bridgehead atoms. The molecule has 1 saturated heterocycles. The Morgan fingerprint density at radius 1 is 1.10 bits per heavy atom. The van der Waals surface area contributed by atoms with Gasteiger partial charge in [0.1, 0.15) is 5.69 Å². The largest absolute Gasteiger partial charge is 0.382 e. The van der Waals surface area contributed by atoms with Gasteiger partial charge in [-0.15, -0.1) is 0 Å². The fourth-order valence-electron chi connectivity index (χ4n) is 4.09. The number of rotatable bonds is 4. The fourth-order valence-corrected chi connectivity index (χ4v) is 4.09. The molecule has 1 saturated carbocycles. The summed E-state index contributed by atoms with van der Waals surface area (Å²) in [6, 6.07) is 9.58. The SMILES string of the molecule is COCC1(NC(=O)C(=O)N2CCN(C(=O)c3cc4ccccc4[nH]3)CC2)CCC1. The molecule has 0 atom stereocenters. The van der Waals surface area contributed by atoms with Crippen molar-refractivity contribution in [2.75, 3.05) is 39.9 Å². The van der Waals surface area contributed by atoms with Gasteiger partial charge in [-0.1, -0.05) is 18.2 Å². The first-order chi connectivity index (χ1) is 14.0. The number of carbonyl (C=O) groups excluding carboxylic acids is 3. The lowest BCUT2D eigenvalue weighted by atomic mass is 9.77. The van der Waals surface area contributed by atoms with Gasteiger partial charge in [0.15, 0.2) is 0 Å². The number of H-pyrrole nitrogens is 1. The van der Waals surface area contributed by atoms with E-state index in [1.165, 1.54) is 4.90 Å². The number of amides is 3. The predicted molar refractivity (Wildman–Crippen MR) is 107 cm³/mol. The molecule has 0 unspecified atom stereocenters. The molecule has 0 radical (unpaired) electrons. The highest BCUT2D eigenvalue weighted by molar-refractivity contribution is 6.35. The normalized spacial score (nSPS) is 18.4. The average molecular weight is 398 g/mol. The van der Waals surface area contributed by atoms with Gasteiger partial charge in [-0.2, -0.15) is 0 Å². The van der Waals surface area contributed by atoms with E-state index < -0.39 is 17.4 Å². The Kier molecular flexibility index (Phi) is 5.27. The van der Waals surface area contributed by atoms with E-state index in [1.54, 1.807) is 12.0 Å². The first kappa shape index (κ1) is 19.4. The molecule has 3 amide bonds. The smallest absolute Gasteiger partial charge is 0.312 e. The van der Waals surface area contributed by atoms with Crippen LogP contribution in [0.15, 0.2) is 30.3 Å². The number of nitrogens with zero attached hydrogens (tertiary/aromatic N) is 2. The van der Waals surface area contributed by atoms with E-state index in [4.69, 9.17) is 4.74 Å². The number of nitrogens with one attached hydrogen (secondary N) is 2. The maximum absolute atomic E-state index is 12.8. The number of aromatic amines is 1. The summed E-state index contributed by atoms with van der Waals surface area (Å²) in [6.07, 6.45) is 2.67. The fraction of sp³-hybridized carbons (Fsp3) is 0.476. The lowest BCUT2D eigenvalue weighted by Crippen LogP contribution is -2.61. The molecule has 8 heteroatoms. The third-order valence-electron chi connectivity index (χ3n) is 5.92. The molecule has 1 aromatic carbocycles. The Morgan fingerprint density at radius 2 is 1.79 bits per heavy atom. The number of ether oxygens (including phenoxy) is 1. The minimum absolute atomic E-state index is 0.0914. The Labute approximate surface area is 169 Å². The number of benzene rings is 1. The summed E-state index contributed by atoms with van der Waals surface area (Å²) in [5, 5.41) is 3.85. The lowest BCUT2D eigenvalue weighted by molar-refractivity contribution is -0.149. The van der Waals surface area contributed by atoms with Crippen LogP contribution in [0, 0.1) is 0 Å². The van der Waals surface area contributed by atoms with Gasteiger partial charge in [0.25, 0.3) is 5.91 Å². The number of aromatic nitrogens is 1. The average Bonchev–Trinajstić information content (AvgIpc) is 3.15. The Morgan fingerprint density at radius 3 is 2.41 bits per heavy atom.